The Morgan fingerprint density at radius 2 is 1.71 bits per heavy atom. The van der Waals surface area contributed by atoms with Crippen LogP contribution in [0.15, 0.2) is 42.5 Å². The van der Waals surface area contributed by atoms with E-state index in [1.165, 1.54) is 0 Å². The van der Waals surface area contributed by atoms with E-state index in [0.29, 0.717) is 48.9 Å². The van der Waals surface area contributed by atoms with Crippen molar-refractivity contribution in [2.75, 3.05) is 36.5 Å². The zero-order chi connectivity index (χ0) is 22.2. The highest BCUT2D eigenvalue weighted by atomic mass is 16.5. The highest BCUT2D eigenvalue weighted by Crippen LogP contribution is 2.28. The number of nitrogens with one attached hydrogen (secondary N) is 2. The van der Waals surface area contributed by atoms with Gasteiger partial charge in [-0.05, 0) is 62.7 Å². The van der Waals surface area contributed by atoms with Gasteiger partial charge in [0, 0.05) is 29.9 Å². The Hall–Kier alpha value is -3.55. The van der Waals surface area contributed by atoms with Gasteiger partial charge in [-0.1, -0.05) is 0 Å². The molecule has 2 aromatic carbocycles. The zero-order valence-electron chi connectivity index (χ0n) is 17.8. The SMILES string of the molecule is CCOc1ccc(C(=O)NCC(=O)Nc2ccc(N3CCCC3=O)cc2)cc1OCC. The number of amides is 3. The topological polar surface area (TPSA) is 97.0 Å². The van der Waals surface area contributed by atoms with E-state index in [9.17, 15) is 14.4 Å². The average Bonchev–Trinajstić information content (AvgIpc) is 3.20. The second-order valence-corrected chi connectivity index (χ2v) is 6.95. The Morgan fingerprint density at radius 3 is 2.35 bits per heavy atom. The summed E-state index contributed by atoms with van der Waals surface area (Å²) in [5, 5.41) is 5.33. The van der Waals surface area contributed by atoms with Gasteiger partial charge in [0.2, 0.25) is 11.8 Å². The Balaban J connectivity index is 1.54. The standard InChI is InChI=1S/C23H27N3O5/c1-3-30-19-12-7-16(14-20(19)31-4-2)23(29)24-15-21(27)25-17-8-10-18(11-9-17)26-13-5-6-22(26)28/h7-12,14H,3-6,13,15H2,1-2H3,(H,24,29)(H,25,27). The number of benzene rings is 2. The lowest BCUT2D eigenvalue weighted by molar-refractivity contribution is -0.117. The van der Waals surface area contributed by atoms with E-state index in [0.717, 1.165) is 12.1 Å². The molecule has 0 unspecified atom stereocenters. The molecule has 3 rings (SSSR count). The molecule has 1 aliphatic heterocycles. The fourth-order valence-electron chi connectivity index (χ4n) is 3.31. The van der Waals surface area contributed by atoms with Gasteiger partial charge < -0.3 is 25.0 Å². The number of carbonyl (C=O) groups excluding carboxylic acids is 3. The lowest BCUT2D eigenvalue weighted by atomic mass is 10.2. The molecule has 8 nitrogen and oxygen atoms in total. The van der Waals surface area contributed by atoms with Crippen molar-refractivity contribution in [1.29, 1.82) is 0 Å². The van der Waals surface area contributed by atoms with Crippen LogP contribution in [0.25, 0.3) is 0 Å². The molecule has 1 heterocycles. The first-order valence-corrected chi connectivity index (χ1v) is 10.4. The lowest BCUT2D eigenvalue weighted by Crippen LogP contribution is -2.32. The van der Waals surface area contributed by atoms with Crippen molar-refractivity contribution in [2.45, 2.75) is 26.7 Å². The van der Waals surface area contributed by atoms with Crippen LogP contribution >= 0.6 is 0 Å². The predicted molar refractivity (Wildman–Crippen MR) is 118 cm³/mol. The molecule has 0 spiro atoms. The molecule has 1 fully saturated rings. The zero-order valence-corrected chi connectivity index (χ0v) is 17.8. The molecule has 0 radical (unpaired) electrons. The van der Waals surface area contributed by atoms with Crippen LogP contribution in [-0.4, -0.2) is 44.0 Å². The molecule has 0 atom stereocenters. The molecule has 31 heavy (non-hydrogen) atoms. The molecule has 0 aliphatic carbocycles. The van der Waals surface area contributed by atoms with Crippen molar-refractivity contribution >= 4 is 29.1 Å². The molecule has 3 amide bonds. The molecule has 1 aliphatic rings. The van der Waals surface area contributed by atoms with Gasteiger partial charge >= 0.3 is 0 Å². The highest BCUT2D eigenvalue weighted by Gasteiger charge is 2.21. The van der Waals surface area contributed by atoms with Crippen LogP contribution in [0.5, 0.6) is 11.5 Å². The van der Waals surface area contributed by atoms with E-state index in [1.807, 2.05) is 13.8 Å². The first-order valence-electron chi connectivity index (χ1n) is 10.4. The summed E-state index contributed by atoms with van der Waals surface area (Å²) in [6, 6.07) is 12.0. The summed E-state index contributed by atoms with van der Waals surface area (Å²) < 4.78 is 11.0. The molecule has 2 aromatic rings. The summed E-state index contributed by atoms with van der Waals surface area (Å²) in [5.41, 5.74) is 1.78. The van der Waals surface area contributed by atoms with Crippen LogP contribution in [0.4, 0.5) is 11.4 Å². The number of hydrogen-bond acceptors (Lipinski definition) is 5. The Labute approximate surface area is 181 Å². The van der Waals surface area contributed by atoms with Crippen LogP contribution in [0.2, 0.25) is 0 Å². The van der Waals surface area contributed by atoms with E-state index in [2.05, 4.69) is 10.6 Å². The molecule has 8 heteroatoms. The molecule has 0 aromatic heterocycles. The van der Waals surface area contributed by atoms with Crippen molar-refractivity contribution in [3.63, 3.8) is 0 Å². The van der Waals surface area contributed by atoms with Gasteiger partial charge in [0.15, 0.2) is 11.5 Å². The normalized spacial score (nSPS) is 13.1. The molecular weight excluding hydrogens is 398 g/mol. The van der Waals surface area contributed by atoms with E-state index in [1.54, 1.807) is 47.4 Å². The van der Waals surface area contributed by atoms with Crippen LogP contribution in [-0.2, 0) is 9.59 Å². The number of ether oxygens (including phenoxy) is 2. The lowest BCUT2D eigenvalue weighted by Gasteiger charge is -2.16. The van der Waals surface area contributed by atoms with Gasteiger partial charge in [-0.2, -0.15) is 0 Å². The number of nitrogens with zero attached hydrogens (tertiary/aromatic N) is 1. The van der Waals surface area contributed by atoms with E-state index in [-0.39, 0.29) is 24.3 Å². The van der Waals surface area contributed by atoms with Crippen molar-refractivity contribution in [1.82, 2.24) is 5.32 Å². The Bertz CT molecular complexity index is 943. The van der Waals surface area contributed by atoms with Crippen LogP contribution in [0.1, 0.15) is 37.0 Å². The van der Waals surface area contributed by atoms with E-state index < -0.39 is 0 Å². The third-order valence-corrected chi connectivity index (χ3v) is 4.75. The van der Waals surface area contributed by atoms with Crippen LogP contribution < -0.4 is 25.0 Å². The Morgan fingerprint density at radius 1 is 1.00 bits per heavy atom. The van der Waals surface area contributed by atoms with E-state index >= 15 is 0 Å². The van der Waals surface area contributed by atoms with Crippen LogP contribution in [0.3, 0.4) is 0 Å². The summed E-state index contributed by atoms with van der Waals surface area (Å²) in [7, 11) is 0. The highest BCUT2D eigenvalue weighted by molar-refractivity contribution is 6.00. The first-order chi connectivity index (χ1) is 15.0. The maximum Gasteiger partial charge on any atom is 0.251 e. The van der Waals surface area contributed by atoms with Gasteiger partial charge in [0.05, 0.1) is 19.8 Å². The molecule has 164 valence electrons. The summed E-state index contributed by atoms with van der Waals surface area (Å²) in [4.78, 5) is 38.2. The third kappa shape index (κ3) is 5.75. The fraction of sp³-hybridized carbons (Fsp3) is 0.348. The fourth-order valence-corrected chi connectivity index (χ4v) is 3.31. The first kappa shape index (κ1) is 22.1. The minimum absolute atomic E-state index is 0.112. The summed E-state index contributed by atoms with van der Waals surface area (Å²) >= 11 is 0. The number of rotatable bonds is 9. The second kappa shape index (κ2) is 10.5. The van der Waals surface area contributed by atoms with Gasteiger partial charge in [-0.25, -0.2) is 0 Å². The number of anilines is 2. The molecule has 1 saturated heterocycles. The van der Waals surface area contributed by atoms with E-state index in [4.69, 9.17) is 9.47 Å². The smallest absolute Gasteiger partial charge is 0.251 e. The quantitative estimate of drug-likeness (QED) is 0.644. The minimum atomic E-state index is -0.387. The number of hydrogen-bond donors (Lipinski definition) is 2. The van der Waals surface area contributed by atoms with Gasteiger partial charge in [0.25, 0.3) is 5.91 Å². The minimum Gasteiger partial charge on any atom is -0.490 e. The Kier molecular flexibility index (Phi) is 7.48. The maximum atomic E-state index is 12.4. The van der Waals surface area contributed by atoms with Gasteiger partial charge in [-0.15, -0.1) is 0 Å². The maximum absolute atomic E-state index is 12.4. The summed E-state index contributed by atoms with van der Waals surface area (Å²) in [6.07, 6.45) is 1.43. The molecule has 0 saturated carbocycles. The summed E-state index contributed by atoms with van der Waals surface area (Å²) in [5.74, 6) is 0.424. The third-order valence-electron chi connectivity index (χ3n) is 4.75. The molecular formula is C23H27N3O5. The van der Waals surface area contributed by atoms with Crippen molar-refractivity contribution in [2.24, 2.45) is 0 Å². The summed E-state index contributed by atoms with van der Waals surface area (Å²) in [6.45, 7) is 5.19. The average molecular weight is 425 g/mol. The van der Waals surface area contributed by atoms with Crippen molar-refractivity contribution in [3.05, 3.63) is 48.0 Å². The van der Waals surface area contributed by atoms with Gasteiger partial charge in [-0.3, -0.25) is 14.4 Å². The monoisotopic (exact) mass is 425 g/mol. The molecule has 0 bridgehead atoms. The van der Waals surface area contributed by atoms with Crippen LogP contribution in [0, 0.1) is 0 Å². The largest absolute Gasteiger partial charge is 0.490 e. The second-order valence-electron chi connectivity index (χ2n) is 6.95. The predicted octanol–water partition coefficient (Wildman–Crippen LogP) is 2.98. The van der Waals surface area contributed by atoms with Crippen molar-refractivity contribution < 1.29 is 23.9 Å². The van der Waals surface area contributed by atoms with Crippen molar-refractivity contribution in [3.8, 4) is 11.5 Å². The number of carbonyl (C=O) groups is 3. The van der Waals surface area contributed by atoms with Gasteiger partial charge in [0.1, 0.15) is 0 Å². The molecule has 2 N–H and O–H groups in total.